The molecule has 128 valence electrons. The maximum atomic E-state index is 11.9. The number of aromatic nitrogens is 3. The average molecular weight is 367 g/mol. The third-order valence-corrected chi connectivity index (χ3v) is 4.78. The number of carbonyl (C=O) groups excluding carboxylic acids is 1. The summed E-state index contributed by atoms with van der Waals surface area (Å²) in [5.74, 6) is 1.93. The Labute approximate surface area is 149 Å². The Balaban J connectivity index is 1.36. The number of carbonyl (C=O) groups is 1. The molecule has 8 heteroatoms. The second-order valence-electron chi connectivity index (χ2n) is 5.57. The minimum Gasteiger partial charge on any atom is -0.492 e. The van der Waals surface area contributed by atoms with Gasteiger partial charge in [-0.1, -0.05) is 23.4 Å². The van der Waals surface area contributed by atoms with Gasteiger partial charge in [0.15, 0.2) is 5.16 Å². The summed E-state index contributed by atoms with van der Waals surface area (Å²) in [5, 5.41) is 12.6. The van der Waals surface area contributed by atoms with Crippen molar-refractivity contribution in [2.45, 2.75) is 31.0 Å². The highest BCUT2D eigenvalue weighted by Crippen LogP contribution is 2.38. The van der Waals surface area contributed by atoms with Crippen molar-refractivity contribution in [3.05, 3.63) is 35.1 Å². The van der Waals surface area contributed by atoms with E-state index in [0.29, 0.717) is 30.0 Å². The molecule has 1 aromatic carbocycles. The number of halogens is 1. The smallest absolute Gasteiger partial charge is 0.230 e. The fourth-order valence-corrected chi connectivity index (χ4v) is 3.28. The van der Waals surface area contributed by atoms with Gasteiger partial charge >= 0.3 is 0 Å². The molecule has 0 bridgehead atoms. The summed E-state index contributed by atoms with van der Waals surface area (Å²) in [6.07, 6.45) is 2.33. The predicted molar refractivity (Wildman–Crippen MR) is 93.7 cm³/mol. The van der Waals surface area contributed by atoms with Gasteiger partial charge in [0.25, 0.3) is 0 Å². The van der Waals surface area contributed by atoms with Gasteiger partial charge in [0.05, 0.1) is 12.3 Å². The maximum Gasteiger partial charge on any atom is 0.230 e. The third-order valence-electron chi connectivity index (χ3n) is 3.59. The van der Waals surface area contributed by atoms with Gasteiger partial charge in [-0.3, -0.25) is 4.79 Å². The first-order chi connectivity index (χ1) is 11.6. The van der Waals surface area contributed by atoms with Gasteiger partial charge in [0, 0.05) is 11.1 Å². The minimum atomic E-state index is -0.0392. The molecule has 0 radical (unpaired) electrons. The molecule has 1 saturated carbocycles. The molecule has 0 atom stereocenters. The molecular formula is C16H19ClN4O2S. The predicted octanol–water partition coefficient (Wildman–Crippen LogP) is 2.86. The van der Waals surface area contributed by atoms with Gasteiger partial charge in [-0.2, -0.15) is 0 Å². The Bertz CT molecular complexity index is 701. The Morgan fingerprint density at radius 2 is 2.12 bits per heavy atom. The summed E-state index contributed by atoms with van der Waals surface area (Å²) < 4.78 is 7.66. The monoisotopic (exact) mass is 366 g/mol. The molecule has 0 spiro atoms. The van der Waals surface area contributed by atoms with Crippen LogP contribution >= 0.6 is 23.4 Å². The highest BCUT2D eigenvalue weighted by molar-refractivity contribution is 7.99. The molecule has 1 aliphatic carbocycles. The zero-order valence-corrected chi connectivity index (χ0v) is 14.9. The van der Waals surface area contributed by atoms with E-state index in [4.69, 9.17) is 16.3 Å². The van der Waals surface area contributed by atoms with E-state index >= 15 is 0 Å². The molecule has 0 saturated heterocycles. The van der Waals surface area contributed by atoms with Crippen molar-refractivity contribution in [3.63, 3.8) is 0 Å². The van der Waals surface area contributed by atoms with Gasteiger partial charge in [-0.25, -0.2) is 0 Å². The first-order valence-electron chi connectivity index (χ1n) is 7.83. The number of amides is 1. The SMILES string of the molecule is Cc1nnc(SCC(=O)NCCOc2ccc(Cl)cc2)n1C1CC1. The van der Waals surface area contributed by atoms with Crippen molar-refractivity contribution in [2.24, 2.45) is 0 Å². The van der Waals surface area contributed by atoms with Crippen LogP contribution in [0.3, 0.4) is 0 Å². The quantitative estimate of drug-likeness (QED) is 0.574. The molecule has 2 aromatic rings. The highest BCUT2D eigenvalue weighted by Gasteiger charge is 2.28. The number of thioether (sulfide) groups is 1. The minimum absolute atomic E-state index is 0.0392. The Hall–Kier alpha value is -1.73. The van der Waals surface area contributed by atoms with Crippen molar-refractivity contribution < 1.29 is 9.53 Å². The lowest BCUT2D eigenvalue weighted by atomic mass is 10.3. The normalized spacial score (nSPS) is 13.8. The summed E-state index contributed by atoms with van der Waals surface area (Å²) in [4.78, 5) is 11.9. The number of rotatable bonds is 8. The first-order valence-corrected chi connectivity index (χ1v) is 9.19. The number of ether oxygens (including phenoxy) is 1. The number of benzene rings is 1. The van der Waals surface area contributed by atoms with E-state index in [1.165, 1.54) is 24.6 Å². The van der Waals surface area contributed by atoms with Crippen molar-refractivity contribution in [1.29, 1.82) is 0 Å². The van der Waals surface area contributed by atoms with Crippen LogP contribution in [0, 0.1) is 6.92 Å². The Morgan fingerprint density at radius 1 is 1.38 bits per heavy atom. The van der Waals surface area contributed by atoms with Crippen LogP contribution in [-0.2, 0) is 4.79 Å². The number of nitrogens with zero attached hydrogens (tertiary/aromatic N) is 3. The summed E-state index contributed by atoms with van der Waals surface area (Å²) in [5.41, 5.74) is 0. The number of hydrogen-bond acceptors (Lipinski definition) is 5. The van der Waals surface area contributed by atoms with E-state index in [1.807, 2.05) is 6.92 Å². The molecule has 0 aliphatic heterocycles. The molecule has 1 heterocycles. The van der Waals surface area contributed by atoms with E-state index in [2.05, 4.69) is 20.1 Å². The zero-order valence-electron chi connectivity index (χ0n) is 13.4. The lowest BCUT2D eigenvalue weighted by Gasteiger charge is -2.08. The molecule has 3 rings (SSSR count). The molecule has 0 unspecified atom stereocenters. The lowest BCUT2D eigenvalue weighted by molar-refractivity contribution is -0.118. The number of aryl methyl sites for hydroxylation is 1. The van der Waals surface area contributed by atoms with Crippen molar-refractivity contribution in [3.8, 4) is 5.75 Å². The van der Waals surface area contributed by atoms with Crippen LogP contribution in [0.5, 0.6) is 5.75 Å². The Morgan fingerprint density at radius 3 is 2.83 bits per heavy atom. The van der Waals surface area contributed by atoms with Gasteiger partial charge in [0.2, 0.25) is 5.91 Å². The van der Waals surface area contributed by atoms with E-state index < -0.39 is 0 Å². The summed E-state index contributed by atoms with van der Waals surface area (Å²) in [7, 11) is 0. The molecule has 1 N–H and O–H groups in total. The van der Waals surface area contributed by atoms with Crippen LogP contribution in [0.25, 0.3) is 0 Å². The van der Waals surface area contributed by atoms with Crippen LogP contribution in [0.2, 0.25) is 5.02 Å². The number of nitrogens with one attached hydrogen (secondary N) is 1. The van der Waals surface area contributed by atoms with E-state index in [0.717, 1.165) is 16.7 Å². The van der Waals surface area contributed by atoms with Crippen LogP contribution in [-0.4, -0.2) is 39.6 Å². The fraction of sp³-hybridized carbons (Fsp3) is 0.438. The van der Waals surface area contributed by atoms with Gasteiger partial charge in [0.1, 0.15) is 18.2 Å². The van der Waals surface area contributed by atoms with Crippen LogP contribution < -0.4 is 10.1 Å². The molecule has 1 aliphatic rings. The van der Waals surface area contributed by atoms with E-state index in [9.17, 15) is 4.79 Å². The largest absolute Gasteiger partial charge is 0.492 e. The van der Waals surface area contributed by atoms with E-state index in [-0.39, 0.29) is 5.91 Å². The summed E-state index contributed by atoms with van der Waals surface area (Å²) in [6, 6.07) is 7.65. The van der Waals surface area contributed by atoms with Gasteiger partial charge in [-0.15, -0.1) is 10.2 Å². The van der Waals surface area contributed by atoms with Crippen LogP contribution in [0.4, 0.5) is 0 Å². The van der Waals surface area contributed by atoms with E-state index in [1.54, 1.807) is 24.3 Å². The van der Waals surface area contributed by atoms with Crippen LogP contribution in [0.1, 0.15) is 24.7 Å². The molecular weight excluding hydrogens is 348 g/mol. The first kappa shape index (κ1) is 17.1. The van der Waals surface area contributed by atoms with Gasteiger partial charge in [-0.05, 0) is 44.0 Å². The topological polar surface area (TPSA) is 69.0 Å². The molecule has 1 fully saturated rings. The maximum absolute atomic E-state index is 11.9. The fourth-order valence-electron chi connectivity index (χ4n) is 2.27. The van der Waals surface area contributed by atoms with Crippen molar-refractivity contribution in [2.75, 3.05) is 18.9 Å². The Kier molecular flexibility index (Phi) is 5.63. The standard InChI is InChI=1S/C16H19ClN4O2S/c1-11-19-20-16(21(11)13-4-5-13)24-10-15(22)18-8-9-23-14-6-2-12(17)3-7-14/h2-3,6-7,13H,4-5,8-10H2,1H3,(H,18,22). The summed E-state index contributed by atoms with van der Waals surface area (Å²) >= 11 is 7.23. The van der Waals surface area contributed by atoms with Crippen LogP contribution in [0.15, 0.2) is 29.4 Å². The van der Waals surface area contributed by atoms with Crippen molar-refractivity contribution >= 4 is 29.3 Å². The molecule has 1 amide bonds. The van der Waals surface area contributed by atoms with Crippen molar-refractivity contribution in [1.82, 2.24) is 20.1 Å². The lowest BCUT2D eigenvalue weighted by Crippen LogP contribution is -2.29. The average Bonchev–Trinajstić information content (AvgIpc) is 3.34. The summed E-state index contributed by atoms with van der Waals surface area (Å²) in [6.45, 7) is 2.81. The second kappa shape index (κ2) is 7.90. The molecule has 24 heavy (non-hydrogen) atoms. The molecule has 1 aromatic heterocycles. The zero-order chi connectivity index (χ0) is 16.9. The highest BCUT2D eigenvalue weighted by atomic mass is 35.5. The molecule has 6 nitrogen and oxygen atoms in total. The third kappa shape index (κ3) is 4.64. The second-order valence-corrected chi connectivity index (χ2v) is 6.95. The number of hydrogen-bond donors (Lipinski definition) is 1. The van der Waals surface area contributed by atoms with Gasteiger partial charge < -0.3 is 14.6 Å².